The summed E-state index contributed by atoms with van der Waals surface area (Å²) >= 11 is 0. The van der Waals surface area contributed by atoms with E-state index < -0.39 is 0 Å². The third-order valence-corrected chi connectivity index (χ3v) is 3.42. The van der Waals surface area contributed by atoms with Crippen molar-refractivity contribution < 1.29 is 19.1 Å². The van der Waals surface area contributed by atoms with Crippen LogP contribution in [0, 0.1) is 0 Å². The average molecular weight is 252 g/mol. The standard InChI is InChI=1S/C15H8O4/c16-14-8-3-1-2-4-9(8)15(17)11-6-13-12(5-10(11)14)18-7-19-13/h1-6H,7H2. The third kappa shape index (κ3) is 1.28. The van der Waals surface area contributed by atoms with Gasteiger partial charge in [-0.25, -0.2) is 0 Å². The minimum Gasteiger partial charge on any atom is -0.454 e. The molecule has 0 radical (unpaired) electrons. The second-order valence-corrected chi connectivity index (χ2v) is 4.45. The molecule has 0 fully saturated rings. The maximum atomic E-state index is 12.4. The lowest BCUT2D eigenvalue weighted by atomic mass is 9.84. The Morgan fingerprint density at radius 3 is 1.68 bits per heavy atom. The molecule has 19 heavy (non-hydrogen) atoms. The number of ketones is 2. The Morgan fingerprint density at radius 2 is 1.21 bits per heavy atom. The van der Waals surface area contributed by atoms with Crippen LogP contribution in [0.2, 0.25) is 0 Å². The highest BCUT2D eigenvalue weighted by molar-refractivity contribution is 6.28. The fourth-order valence-electron chi connectivity index (χ4n) is 2.49. The van der Waals surface area contributed by atoms with Crippen LogP contribution in [0.3, 0.4) is 0 Å². The van der Waals surface area contributed by atoms with E-state index in [0.29, 0.717) is 33.8 Å². The first-order valence-electron chi connectivity index (χ1n) is 5.88. The lowest BCUT2D eigenvalue weighted by Gasteiger charge is -2.17. The molecule has 2 aromatic carbocycles. The fraction of sp³-hybridized carbons (Fsp3) is 0.0667. The molecule has 0 saturated heterocycles. The number of hydrogen-bond acceptors (Lipinski definition) is 4. The minimum atomic E-state index is -0.150. The third-order valence-electron chi connectivity index (χ3n) is 3.42. The van der Waals surface area contributed by atoms with Gasteiger partial charge in [0.05, 0.1) is 0 Å². The van der Waals surface area contributed by atoms with Crippen molar-refractivity contribution in [2.45, 2.75) is 0 Å². The van der Waals surface area contributed by atoms with Crippen LogP contribution in [0.5, 0.6) is 11.5 Å². The molecule has 0 N–H and O–H groups in total. The zero-order valence-corrected chi connectivity index (χ0v) is 9.80. The average Bonchev–Trinajstić information content (AvgIpc) is 2.90. The lowest BCUT2D eigenvalue weighted by Crippen LogP contribution is -2.20. The van der Waals surface area contributed by atoms with Crippen LogP contribution in [0.4, 0.5) is 0 Å². The Morgan fingerprint density at radius 1 is 0.737 bits per heavy atom. The summed E-state index contributed by atoms with van der Waals surface area (Å²) in [6, 6.07) is 10.0. The van der Waals surface area contributed by atoms with E-state index in [1.54, 1.807) is 36.4 Å². The number of carbonyl (C=O) groups excluding carboxylic acids is 2. The molecule has 4 heteroatoms. The highest BCUT2D eigenvalue weighted by Crippen LogP contribution is 2.38. The number of rotatable bonds is 0. The largest absolute Gasteiger partial charge is 0.454 e. The van der Waals surface area contributed by atoms with E-state index in [-0.39, 0.29) is 18.4 Å². The summed E-state index contributed by atoms with van der Waals surface area (Å²) in [4.78, 5) is 24.8. The molecule has 92 valence electrons. The molecule has 0 unspecified atom stereocenters. The molecule has 0 aromatic heterocycles. The molecule has 4 nitrogen and oxygen atoms in total. The van der Waals surface area contributed by atoms with Crippen molar-refractivity contribution in [1.82, 2.24) is 0 Å². The second kappa shape index (κ2) is 3.45. The highest BCUT2D eigenvalue weighted by atomic mass is 16.7. The number of hydrogen-bond donors (Lipinski definition) is 0. The zero-order chi connectivity index (χ0) is 13.0. The summed E-state index contributed by atoms with van der Waals surface area (Å²) in [5.41, 5.74) is 1.65. The molecule has 0 spiro atoms. The Balaban J connectivity index is 2.01. The van der Waals surface area contributed by atoms with Crippen molar-refractivity contribution in [3.8, 4) is 11.5 Å². The van der Waals surface area contributed by atoms with E-state index in [1.165, 1.54) is 0 Å². The van der Waals surface area contributed by atoms with Crippen molar-refractivity contribution in [1.29, 1.82) is 0 Å². The van der Waals surface area contributed by atoms with E-state index in [1.807, 2.05) is 0 Å². The molecular formula is C15H8O4. The second-order valence-electron chi connectivity index (χ2n) is 4.45. The van der Waals surface area contributed by atoms with Crippen molar-refractivity contribution in [3.63, 3.8) is 0 Å². The van der Waals surface area contributed by atoms with Gasteiger partial charge >= 0.3 is 0 Å². The predicted molar refractivity (Wildman–Crippen MR) is 65.9 cm³/mol. The van der Waals surface area contributed by atoms with E-state index in [2.05, 4.69) is 0 Å². The van der Waals surface area contributed by atoms with Gasteiger partial charge in [0.25, 0.3) is 0 Å². The molecule has 2 aliphatic rings. The summed E-state index contributed by atoms with van der Waals surface area (Å²) in [6.45, 7) is 0.119. The van der Waals surface area contributed by atoms with Gasteiger partial charge < -0.3 is 9.47 Å². The SMILES string of the molecule is O=C1c2ccccc2C(=O)c2cc3c(cc21)OCO3. The molecule has 0 saturated carbocycles. The van der Waals surface area contributed by atoms with Gasteiger partial charge in [0.2, 0.25) is 6.79 Å². The summed E-state index contributed by atoms with van der Waals surface area (Å²) in [7, 11) is 0. The van der Waals surface area contributed by atoms with Crippen molar-refractivity contribution in [3.05, 3.63) is 58.7 Å². The Labute approximate surface area is 108 Å². The van der Waals surface area contributed by atoms with Crippen LogP contribution < -0.4 is 9.47 Å². The molecule has 4 rings (SSSR count). The van der Waals surface area contributed by atoms with Crippen LogP contribution in [0.25, 0.3) is 0 Å². The number of benzene rings is 2. The topological polar surface area (TPSA) is 52.6 Å². The monoisotopic (exact) mass is 252 g/mol. The summed E-state index contributed by atoms with van der Waals surface area (Å²) in [6.07, 6.45) is 0. The molecule has 2 aromatic rings. The van der Waals surface area contributed by atoms with Crippen molar-refractivity contribution >= 4 is 11.6 Å². The van der Waals surface area contributed by atoms with Gasteiger partial charge in [0, 0.05) is 22.3 Å². The van der Waals surface area contributed by atoms with Crippen molar-refractivity contribution in [2.24, 2.45) is 0 Å². The van der Waals surface area contributed by atoms with Crippen molar-refractivity contribution in [2.75, 3.05) is 6.79 Å². The predicted octanol–water partition coefficient (Wildman–Crippen LogP) is 2.19. The lowest BCUT2D eigenvalue weighted by molar-refractivity contribution is 0.0979. The molecule has 0 atom stereocenters. The molecule has 0 amide bonds. The van der Waals surface area contributed by atoms with Gasteiger partial charge in [0.1, 0.15) is 0 Å². The Kier molecular flexibility index (Phi) is 1.87. The number of fused-ring (bicyclic) bond motifs is 3. The van der Waals surface area contributed by atoms with E-state index in [4.69, 9.17) is 9.47 Å². The van der Waals surface area contributed by atoms with Gasteiger partial charge in [0.15, 0.2) is 23.1 Å². The maximum absolute atomic E-state index is 12.4. The molecular weight excluding hydrogens is 244 g/mol. The van der Waals surface area contributed by atoms with Crippen LogP contribution in [0.15, 0.2) is 36.4 Å². The first kappa shape index (κ1) is 10.3. The van der Waals surface area contributed by atoms with Crippen LogP contribution in [-0.4, -0.2) is 18.4 Å². The van der Waals surface area contributed by atoms with Gasteiger partial charge in [-0.2, -0.15) is 0 Å². The number of ether oxygens (including phenoxy) is 2. The smallest absolute Gasteiger partial charge is 0.231 e. The number of carbonyl (C=O) groups is 2. The first-order chi connectivity index (χ1) is 9.25. The van der Waals surface area contributed by atoms with E-state index >= 15 is 0 Å². The maximum Gasteiger partial charge on any atom is 0.231 e. The van der Waals surface area contributed by atoms with Crippen LogP contribution in [-0.2, 0) is 0 Å². The summed E-state index contributed by atoms with van der Waals surface area (Å²) in [5, 5.41) is 0. The first-order valence-corrected chi connectivity index (χ1v) is 5.88. The van der Waals surface area contributed by atoms with Gasteiger partial charge in [-0.15, -0.1) is 0 Å². The molecule has 1 heterocycles. The van der Waals surface area contributed by atoms with Gasteiger partial charge in [-0.05, 0) is 12.1 Å². The normalized spacial score (nSPS) is 15.2. The quantitative estimate of drug-likeness (QED) is 0.615. The minimum absolute atomic E-state index is 0.119. The van der Waals surface area contributed by atoms with E-state index in [0.717, 1.165) is 0 Å². The zero-order valence-electron chi connectivity index (χ0n) is 9.80. The molecule has 1 aliphatic heterocycles. The summed E-state index contributed by atoms with van der Waals surface area (Å²) < 4.78 is 10.5. The summed E-state index contributed by atoms with van der Waals surface area (Å²) in [5.74, 6) is 0.727. The fourth-order valence-corrected chi connectivity index (χ4v) is 2.49. The molecule has 0 bridgehead atoms. The van der Waals surface area contributed by atoms with Crippen LogP contribution >= 0.6 is 0 Å². The Hall–Kier alpha value is -2.62. The van der Waals surface area contributed by atoms with Crippen LogP contribution in [0.1, 0.15) is 31.8 Å². The highest BCUT2D eigenvalue weighted by Gasteiger charge is 2.32. The Bertz CT molecular complexity index is 684. The van der Waals surface area contributed by atoms with E-state index in [9.17, 15) is 9.59 Å². The van der Waals surface area contributed by atoms with Gasteiger partial charge in [-0.1, -0.05) is 24.3 Å². The van der Waals surface area contributed by atoms with Gasteiger partial charge in [-0.3, -0.25) is 9.59 Å². The molecule has 1 aliphatic carbocycles.